The summed E-state index contributed by atoms with van der Waals surface area (Å²) < 4.78 is 18.1. The first-order chi connectivity index (χ1) is 7.36. The topological polar surface area (TPSA) is 26.3 Å². The van der Waals surface area contributed by atoms with E-state index in [1.165, 1.54) is 0 Å². The molecule has 0 aromatic carbocycles. The predicted molar refractivity (Wildman–Crippen MR) is 74.7 cm³/mol. The third-order valence-electron chi connectivity index (χ3n) is 3.90. The molecule has 6 heteroatoms. The molecule has 2 unspecified atom stereocenters. The van der Waals surface area contributed by atoms with E-state index in [0.29, 0.717) is 11.8 Å². The lowest BCUT2D eigenvalue weighted by Crippen LogP contribution is -2.38. The Morgan fingerprint density at radius 2 is 2.12 bits per heavy atom. The van der Waals surface area contributed by atoms with Crippen molar-refractivity contribution >= 4 is 36.2 Å². The highest BCUT2D eigenvalue weighted by Crippen LogP contribution is 2.69. The van der Waals surface area contributed by atoms with Gasteiger partial charge in [0.1, 0.15) is 7.85 Å². The monoisotopic (exact) mass is 276 g/mol. The highest BCUT2D eigenvalue weighted by Gasteiger charge is 2.50. The molecule has 1 spiro atoms. The van der Waals surface area contributed by atoms with Gasteiger partial charge in [0.05, 0.1) is 5.60 Å². The van der Waals surface area contributed by atoms with Gasteiger partial charge in [-0.25, -0.2) is 0 Å². The third-order valence-corrected chi connectivity index (χ3v) is 11.5. The molecule has 0 aromatic rings. The van der Waals surface area contributed by atoms with Gasteiger partial charge in [-0.2, -0.15) is 0 Å². The van der Waals surface area contributed by atoms with Gasteiger partial charge in [-0.15, -0.1) is 0 Å². The van der Waals surface area contributed by atoms with Gasteiger partial charge in [0, 0.05) is 24.2 Å². The largest absolute Gasteiger partial charge is 0.380 e. The number of hydrogen-bond donors (Lipinski definition) is 0. The minimum Gasteiger partial charge on any atom is -0.380 e. The molecule has 2 rings (SSSR count). The van der Waals surface area contributed by atoms with Crippen LogP contribution in [0.4, 0.5) is 0 Å². The Morgan fingerprint density at radius 3 is 2.69 bits per heavy atom. The summed E-state index contributed by atoms with van der Waals surface area (Å²) in [5.41, 5.74) is -2.20. The van der Waals surface area contributed by atoms with E-state index >= 15 is 0 Å². The van der Waals surface area contributed by atoms with Crippen molar-refractivity contribution in [3.63, 3.8) is 0 Å². The second-order valence-electron chi connectivity index (χ2n) is 4.92. The zero-order valence-corrected chi connectivity index (χ0v) is 12.5. The highest BCUT2D eigenvalue weighted by molar-refractivity contribution is 8.90. The van der Waals surface area contributed by atoms with E-state index in [9.17, 15) is 4.57 Å². The average Bonchev–Trinajstić information content (AvgIpc) is 2.37. The number of ether oxygens (including phenoxy) is 1. The molecular formula is C10H18BO2PS2. The second kappa shape index (κ2) is 4.57. The van der Waals surface area contributed by atoms with E-state index < -0.39 is 5.55 Å². The first-order valence-corrected chi connectivity index (χ1v) is 11.0. The van der Waals surface area contributed by atoms with Gasteiger partial charge >= 0.3 is 0 Å². The molecule has 0 saturated carbocycles. The third kappa shape index (κ3) is 2.38. The molecule has 0 N–H and O–H groups in total. The Bertz CT molecular complexity index is 328. The zero-order chi connectivity index (χ0) is 12.0. The molecule has 2 aliphatic heterocycles. The van der Waals surface area contributed by atoms with E-state index in [1.54, 1.807) is 22.8 Å². The zero-order valence-electron chi connectivity index (χ0n) is 10.0. The van der Waals surface area contributed by atoms with Gasteiger partial charge in [-0.1, -0.05) is 36.6 Å². The van der Waals surface area contributed by atoms with Crippen molar-refractivity contribution in [2.24, 2.45) is 11.8 Å². The minimum absolute atomic E-state index is 0.140. The van der Waals surface area contributed by atoms with Crippen LogP contribution in [0.25, 0.3) is 0 Å². The maximum atomic E-state index is 12.1. The van der Waals surface area contributed by atoms with Gasteiger partial charge in [0.25, 0.3) is 0 Å². The van der Waals surface area contributed by atoms with Crippen molar-refractivity contribution in [3.8, 4) is 0 Å². The number of hydrogen-bond acceptors (Lipinski definition) is 4. The summed E-state index contributed by atoms with van der Waals surface area (Å²) in [5.74, 6) is 2.59. The maximum absolute atomic E-state index is 12.1. The summed E-state index contributed by atoms with van der Waals surface area (Å²) in [6.07, 6.45) is 0.974. The highest BCUT2D eigenvalue weighted by atomic mass is 33.1. The molecular weight excluding hydrogens is 258 g/mol. The quantitative estimate of drug-likeness (QED) is 0.501. The van der Waals surface area contributed by atoms with Crippen molar-refractivity contribution < 1.29 is 9.30 Å². The van der Waals surface area contributed by atoms with E-state index in [2.05, 4.69) is 13.8 Å². The molecule has 2 saturated heterocycles. The molecule has 2 nitrogen and oxygen atoms in total. The van der Waals surface area contributed by atoms with Crippen LogP contribution in [0.3, 0.4) is 0 Å². The molecule has 2 aliphatic rings. The SMILES string of the molecule is [B][C@@H]1O[C@@]2(CCSP(C)(=O)SC2)C(C)[C@@H]1C. The lowest BCUT2D eigenvalue weighted by Gasteiger charge is -2.31. The van der Waals surface area contributed by atoms with Gasteiger partial charge in [0.2, 0.25) is 0 Å². The predicted octanol–water partition coefficient (Wildman–Crippen LogP) is 3.22. The summed E-state index contributed by atoms with van der Waals surface area (Å²) in [6, 6.07) is -0.157. The summed E-state index contributed by atoms with van der Waals surface area (Å²) in [7, 11) is 5.99. The lowest BCUT2D eigenvalue weighted by atomic mass is 9.77. The molecule has 0 aromatic heterocycles. The molecule has 90 valence electrons. The fraction of sp³-hybridized carbons (Fsp3) is 1.00. The van der Waals surface area contributed by atoms with Crippen LogP contribution in [0.2, 0.25) is 0 Å². The maximum Gasteiger partial charge on any atom is 0.188 e. The summed E-state index contributed by atoms with van der Waals surface area (Å²) in [5, 5.41) is 0. The van der Waals surface area contributed by atoms with Crippen molar-refractivity contribution in [1.29, 1.82) is 0 Å². The standard InChI is InChI=1S/C10H18BO2PS2/c1-7-8(2)10(13-9(7)11)4-5-15-14(3,12)16-6-10/h7-9H,4-6H2,1-3H3/t7-,8?,9+,10+,14?/m0/s1. The van der Waals surface area contributed by atoms with Crippen molar-refractivity contribution in [2.45, 2.75) is 31.9 Å². The normalized spacial score (nSPS) is 54.1. The summed E-state index contributed by atoms with van der Waals surface area (Å²) >= 11 is 3.19. The first-order valence-electron chi connectivity index (χ1n) is 5.66. The Morgan fingerprint density at radius 1 is 1.44 bits per heavy atom. The molecule has 0 aliphatic carbocycles. The van der Waals surface area contributed by atoms with Gasteiger partial charge in [0.15, 0.2) is 5.55 Å². The van der Waals surface area contributed by atoms with E-state index in [4.69, 9.17) is 12.6 Å². The van der Waals surface area contributed by atoms with E-state index in [-0.39, 0.29) is 11.6 Å². The molecule has 2 fully saturated rings. The van der Waals surface area contributed by atoms with Gasteiger partial charge in [-0.05, 0) is 18.3 Å². The first kappa shape index (κ1) is 13.4. The Balaban J connectivity index is 2.17. The van der Waals surface area contributed by atoms with E-state index in [0.717, 1.165) is 17.9 Å². The molecule has 0 bridgehead atoms. The molecule has 2 radical (unpaired) electrons. The fourth-order valence-corrected chi connectivity index (χ4v) is 8.86. The Kier molecular flexibility index (Phi) is 3.82. The van der Waals surface area contributed by atoms with Crippen molar-refractivity contribution in [1.82, 2.24) is 0 Å². The lowest BCUT2D eigenvalue weighted by molar-refractivity contribution is -0.0134. The van der Waals surface area contributed by atoms with Crippen LogP contribution >= 0.6 is 28.3 Å². The Hall–Kier alpha value is 0.955. The fourth-order valence-electron chi connectivity index (χ4n) is 2.42. The summed E-state index contributed by atoms with van der Waals surface area (Å²) in [4.78, 5) is 0. The molecule has 5 atom stereocenters. The van der Waals surface area contributed by atoms with Crippen LogP contribution < -0.4 is 0 Å². The van der Waals surface area contributed by atoms with Crippen molar-refractivity contribution in [3.05, 3.63) is 0 Å². The Labute approximate surface area is 107 Å². The van der Waals surface area contributed by atoms with Crippen LogP contribution in [0.15, 0.2) is 0 Å². The van der Waals surface area contributed by atoms with E-state index in [1.807, 2.05) is 6.66 Å². The van der Waals surface area contributed by atoms with Crippen LogP contribution in [-0.2, 0) is 9.30 Å². The minimum atomic E-state index is -2.06. The van der Waals surface area contributed by atoms with Gasteiger partial charge in [-0.3, -0.25) is 0 Å². The van der Waals surface area contributed by atoms with Crippen molar-refractivity contribution in [2.75, 3.05) is 18.2 Å². The summed E-state index contributed by atoms with van der Waals surface area (Å²) in [6.45, 7) is 6.23. The molecule has 0 amide bonds. The van der Waals surface area contributed by atoms with Gasteiger partial charge < -0.3 is 9.30 Å². The van der Waals surface area contributed by atoms with Crippen LogP contribution in [0.1, 0.15) is 20.3 Å². The van der Waals surface area contributed by atoms with Crippen LogP contribution in [0, 0.1) is 11.8 Å². The smallest absolute Gasteiger partial charge is 0.188 e. The molecule has 2 heterocycles. The van der Waals surface area contributed by atoms with Crippen LogP contribution in [-0.4, -0.2) is 37.6 Å². The second-order valence-corrected chi connectivity index (χ2v) is 14.1. The molecule has 16 heavy (non-hydrogen) atoms. The van der Waals surface area contributed by atoms with Crippen LogP contribution in [0.5, 0.6) is 0 Å². The number of rotatable bonds is 0. The average molecular weight is 276 g/mol.